The zero-order valence-electron chi connectivity index (χ0n) is 12.7. The van der Waals surface area contributed by atoms with Gasteiger partial charge in [0.1, 0.15) is 0 Å². The van der Waals surface area contributed by atoms with Crippen molar-refractivity contribution in [1.29, 1.82) is 0 Å². The molecule has 1 N–H and O–H groups in total. The largest absolute Gasteiger partial charge is 0.452 e. The van der Waals surface area contributed by atoms with Gasteiger partial charge in [-0.1, -0.05) is 33.6 Å². The van der Waals surface area contributed by atoms with E-state index in [4.69, 9.17) is 16.3 Å². The van der Waals surface area contributed by atoms with E-state index >= 15 is 0 Å². The molecule has 0 aliphatic heterocycles. The van der Waals surface area contributed by atoms with Gasteiger partial charge in [-0.2, -0.15) is 0 Å². The standard InChI is InChI=1S/C17H15BrClNO3/c1-10-3-5-13(7-11(10)2)20-16(21)9-23-17(22)14-8-12(18)4-6-15(14)19/h3-8H,9H2,1-2H3,(H,20,21). The Labute approximate surface area is 147 Å². The summed E-state index contributed by atoms with van der Waals surface area (Å²) < 4.78 is 5.70. The predicted octanol–water partition coefficient (Wildman–Crippen LogP) is 4.51. The fourth-order valence-corrected chi connectivity index (χ4v) is 2.43. The Morgan fingerprint density at radius 3 is 2.57 bits per heavy atom. The Morgan fingerprint density at radius 1 is 1.13 bits per heavy atom. The van der Waals surface area contributed by atoms with E-state index in [0.717, 1.165) is 11.1 Å². The first kappa shape index (κ1) is 17.5. The van der Waals surface area contributed by atoms with Crippen molar-refractivity contribution >= 4 is 45.1 Å². The maximum atomic E-state index is 12.0. The Kier molecular flexibility index (Phi) is 5.80. The minimum Gasteiger partial charge on any atom is -0.452 e. The van der Waals surface area contributed by atoms with Crippen LogP contribution >= 0.6 is 27.5 Å². The average Bonchev–Trinajstić information content (AvgIpc) is 2.51. The van der Waals surface area contributed by atoms with E-state index in [1.54, 1.807) is 24.3 Å². The molecule has 2 aromatic rings. The molecule has 0 aliphatic carbocycles. The highest BCUT2D eigenvalue weighted by Gasteiger charge is 2.14. The highest BCUT2D eigenvalue weighted by molar-refractivity contribution is 9.10. The van der Waals surface area contributed by atoms with Crippen LogP contribution in [0.15, 0.2) is 40.9 Å². The van der Waals surface area contributed by atoms with Crippen LogP contribution in [0.2, 0.25) is 5.02 Å². The molecule has 0 aromatic heterocycles. The third-order valence-corrected chi connectivity index (χ3v) is 4.10. The number of rotatable bonds is 4. The van der Waals surface area contributed by atoms with Crippen LogP contribution in [0.5, 0.6) is 0 Å². The maximum absolute atomic E-state index is 12.0. The number of anilines is 1. The molecule has 1 amide bonds. The van der Waals surface area contributed by atoms with E-state index in [-0.39, 0.29) is 17.2 Å². The number of carbonyl (C=O) groups excluding carboxylic acids is 2. The zero-order chi connectivity index (χ0) is 17.0. The van der Waals surface area contributed by atoms with Crippen LogP contribution in [0.3, 0.4) is 0 Å². The first-order valence-electron chi connectivity index (χ1n) is 6.86. The van der Waals surface area contributed by atoms with Crippen LogP contribution in [0.25, 0.3) is 0 Å². The Morgan fingerprint density at radius 2 is 1.87 bits per heavy atom. The summed E-state index contributed by atoms with van der Waals surface area (Å²) in [6, 6.07) is 10.4. The van der Waals surface area contributed by atoms with Crippen molar-refractivity contribution in [2.45, 2.75) is 13.8 Å². The van der Waals surface area contributed by atoms with Crippen molar-refractivity contribution in [1.82, 2.24) is 0 Å². The summed E-state index contributed by atoms with van der Waals surface area (Å²) in [4.78, 5) is 23.8. The van der Waals surface area contributed by atoms with E-state index in [1.807, 2.05) is 26.0 Å². The first-order chi connectivity index (χ1) is 10.9. The molecule has 0 fully saturated rings. The van der Waals surface area contributed by atoms with E-state index in [0.29, 0.717) is 10.2 Å². The normalized spacial score (nSPS) is 10.3. The second-order valence-corrected chi connectivity index (χ2v) is 6.37. The molecule has 0 saturated carbocycles. The van der Waals surface area contributed by atoms with Crippen molar-refractivity contribution in [3.05, 3.63) is 62.6 Å². The third-order valence-electron chi connectivity index (χ3n) is 3.27. The molecule has 2 aromatic carbocycles. The number of halogens is 2. The van der Waals surface area contributed by atoms with Crippen LogP contribution in [0.4, 0.5) is 5.69 Å². The van der Waals surface area contributed by atoms with Crippen molar-refractivity contribution in [3.8, 4) is 0 Å². The summed E-state index contributed by atoms with van der Waals surface area (Å²) in [7, 11) is 0. The number of hydrogen-bond donors (Lipinski definition) is 1. The Bertz CT molecular complexity index is 761. The van der Waals surface area contributed by atoms with Gasteiger partial charge in [-0.25, -0.2) is 4.79 Å². The van der Waals surface area contributed by atoms with Gasteiger partial charge in [-0.15, -0.1) is 0 Å². The molecule has 4 nitrogen and oxygen atoms in total. The van der Waals surface area contributed by atoms with Gasteiger partial charge >= 0.3 is 5.97 Å². The number of ether oxygens (including phenoxy) is 1. The van der Waals surface area contributed by atoms with Gasteiger partial charge < -0.3 is 10.1 Å². The molecular weight excluding hydrogens is 382 g/mol. The molecule has 0 bridgehead atoms. The van der Waals surface area contributed by atoms with Crippen molar-refractivity contribution in [2.75, 3.05) is 11.9 Å². The summed E-state index contributed by atoms with van der Waals surface area (Å²) >= 11 is 9.20. The van der Waals surface area contributed by atoms with Crippen LogP contribution in [0.1, 0.15) is 21.5 Å². The van der Waals surface area contributed by atoms with Crippen LogP contribution in [-0.2, 0) is 9.53 Å². The highest BCUT2D eigenvalue weighted by Crippen LogP contribution is 2.21. The van der Waals surface area contributed by atoms with E-state index in [9.17, 15) is 9.59 Å². The maximum Gasteiger partial charge on any atom is 0.340 e. The molecule has 23 heavy (non-hydrogen) atoms. The lowest BCUT2D eigenvalue weighted by molar-refractivity contribution is -0.119. The lowest BCUT2D eigenvalue weighted by Gasteiger charge is -2.09. The van der Waals surface area contributed by atoms with Gasteiger partial charge in [-0.3, -0.25) is 4.79 Å². The number of amides is 1. The Balaban J connectivity index is 1.94. The van der Waals surface area contributed by atoms with Gasteiger partial charge in [0.25, 0.3) is 5.91 Å². The molecule has 0 saturated heterocycles. The molecule has 0 aliphatic rings. The number of hydrogen-bond acceptors (Lipinski definition) is 3. The zero-order valence-corrected chi connectivity index (χ0v) is 15.0. The summed E-state index contributed by atoms with van der Waals surface area (Å²) in [6.45, 7) is 3.57. The van der Waals surface area contributed by atoms with Gasteiger partial charge in [-0.05, 0) is 55.3 Å². The van der Waals surface area contributed by atoms with Crippen molar-refractivity contribution in [2.24, 2.45) is 0 Å². The quantitative estimate of drug-likeness (QED) is 0.773. The molecular formula is C17H15BrClNO3. The van der Waals surface area contributed by atoms with Crippen LogP contribution in [-0.4, -0.2) is 18.5 Å². The molecule has 0 unspecified atom stereocenters. The second kappa shape index (κ2) is 7.62. The van der Waals surface area contributed by atoms with Gasteiger partial charge in [0.2, 0.25) is 0 Å². The van der Waals surface area contributed by atoms with Gasteiger partial charge in [0, 0.05) is 10.2 Å². The van der Waals surface area contributed by atoms with Crippen molar-refractivity contribution < 1.29 is 14.3 Å². The second-order valence-electron chi connectivity index (χ2n) is 5.05. The number of carbonyl (C=O) groups is 2. The molecule has 0 heterocycles. The summed E-state index contributed by atoms with van der Waals surface area (Å²) in [5.41, 5.74) is 3.08. The molecule has 0 atom stereocenters. The van der Waals surface area contributed by atoms with Crippen LogP contribution in [0, 0.1) is 13.8 Å². The molecule has 0 spiro atoms. The fourth-order valence-electron chi connectivity index (χ4n) is 1.88. The van der Waals surface area contributed by atoms with Gasteiger partial charge in [0.05, 0.1) is 10.6 Å². The summed E-state index contributed by atoms with van der Waals surface area (Å²) in [5, 5.41) is 2.96. The number of nitrogens with one attached hydrogen (secondary N) is 1. The molecule has 2 rings (SSSR count). The molecule has 6 heteroatoms. The fraction of sp³-hybridized carbons (Fsp3) is 0.176. The van der Waals surface area contributed by atoms with Gasteiger partial charge in [0.15, 0.2) is 6.61 Å². The summed E-state index contributed by atoms with van der Waals surface area (Å²) in [6.07, 6.45) is 0. The third kappa shape index (κ3) is 4.81. The monoisotopic (exact) mass is 395 g/mol. The lowest BCUT2D eigenvalue weighted by atomic mass is 10.1. The Hall–Kier alpha value is -1.85. The highest BCUT2D eigenvalue weighted by atomic mass is 79.9. The predicted molar refractivity (Wildman–Crippen MR) is 94.0 cm³/mol. The summed E-state index contributed by atoms with van der Waals surface area (Å²) in [5.74, 6) is -1.06. The van der Waals surface area contributed by atoms with E-state index in [1.165, 1.54) is 0 Å². The molecule has 120 valence electrons. The number of aryl methyl sites for hydroxylation is 2. The SMILES string of the molecule is Cc1ccc(NC(=O)COC(=O)c2cc(Br)ccc2Cl)cc1C. The smallest absolute Gasteiger partial charge is 0.340 e. The minimum absolute atomic E-state index is 0.208. The molecule has 0 radical (unpaired) electrons. The van der Waals surface area contributed by atoms with Crippen LogP contribution < -0.4 is 5.32 Å². The average molecular weight is 397 g/mol. The van der Waals surface area contributed by atoms with E-state index < -0.39 is 11.9 Å². The lowest BCUT2D eigenvalue weighted by Crippen LogP contribution is -2.21. The number of benzene rings is 2. The number of esters is 1. The van der Waals surface area contributed by atoms with E-state index in [2.05, 4.69) is 21.2 Å². The van der Waals surface area contributed by atoms with Crippen molar-refractivity contribution in [3.63, 3.8) is 0 Å². The topological polar surface area (TPSA) is 55.4 Å². The first-order valence-corrected chi connectivity index (χ1v) is 8.03. The minimum atomic E-state index is -0.647.